The SMILES string of the molecule is CCCN(C=O)C(=O)OC(C)(C)C. The lowest BCUT2D eigenvalue weighted by Crippen LogP contribution is -2.36. The fraction of sp³-hybridized carbons (Fsp3) is 0.778. The van der Waals surface area contributed by atoms with Gasteiger partial charge < -0.3 is 4.74 Å². The molecule has 4 heteroatoms. The van der Waals surface area contributed by atoms with E-state index in [0.717, 1.165) is 11.3 Å². The van der Waals surface area contributed by atoms with E-state index in [9.17, 15) is 9.59 Å². The van der Waals surface area contributed by atoms with Gasteiger partial charge in [0.15, 0.2) is 0 Å². The molecule has 0 aliphatic heterocycles. The van der Waals surface area contributed by atoms with Crippen LogP contribution in [0, 0.1) is 0 Å². The predicted octanol–water partition coefficient (Wildman–Crippen LogP) is 1.79. The van der Waals surface area contributed by atoms with Gasteiger partial charge in [0.2, 0.25) is 6.41 Å². The van der Waals surface area contributed by atoms with Crippen LogP contribution in [0.25, 0.3) is 0 Å². The molecule has 0 radical (unpaired) electrons. The molecule has 0 fully saturated rings. The number of nitrogens with zero attached hydrogens (tertiary/aromatic N) is 1. The number of ether oxygens (including phenoxy) is 1. The van der Waals surface area contributed by atoms with E-state index in [1.807, 2.05) is 6.92 Å². The Balaban J connectivity index is 4.14. The summed E-state index contributed by atoms with van der Waals surface area (Å²) in [5.41, 5.74) is -0.550. The van der Waals surface area contributed by atoms with Crippen molar-refractivity contribution in [3.8, 4) is 0 Å². The summed E-state index contributed by atoms with van der Waals surface area (Å²) in [6.07, 6.45) is 0.652. The first-order valence-electron chi connectivity index (χ1n) is 4.35. The Morgan fingerprint density at radius 2 is 2.00 bits per heavy atom. The monoisotopic (exact) mass is 187 g/mol. The van der Waals surface area contributed by atoms with Crippen molar-refractivity contribution in [1.29, 1.82) is 0 Å². The van der Waals surface area contributed by atoms with E-state index in [2.05, 4.69) is 0 Å². The van der Waals surface area contributed by atoms with E-state index in [1.165, 1.54) is 0 Å². The van der Waals surface area contributed by atoms with Crippen LogP contribution < -0.4 is 0 Å². The summed E-state index contributed by atoms with van der Waals surface area (Å²) in [7, 11) is 0. The van der Waals surface area contributed by atoms with E-state index in [-0.39, 0.29) is 0 Å². The van der Waals surface area contributed by atoms with Gasteiger partial charge in [0.25, 0.3) is 0 Å². The lowest BCUT2D eigenvalue weighted by molar-refractivity contribution is -0.117. The van der Waals surface area contributed by atoms with Crippen molar-refractivity contribution in [2.45, 2.75) is 39.7 Å². The molecule has 13 heavy (non-hydrogen) atoms. The summed E-state index contributed by atoms with van der Waals surface area (Å²) in [5, 5.41) is 0. The average Bonchev–Trinajstić information content (AvgIpc) is 1.96. The van der Waals surface area contributed by atoms with Gasteiger partial charge in [-0.15, -0.1) is 0 Å². The summed E-state index contributed by atoms with van der Waals surface area (Å²) >= 11 is 0. The Kier molecular flexibility index (Phi) is 4.45. The summed E-state index contributed by atoms with van der Waals surface area (Å²) in [5.74, 6) is 0. The highest BCUT2D eigenvalue weighted by molar-refractivity contribution is 5.80. The van der Waals surface area contributed by atoms with E-state index in [0.29, 0.717) is 13.0 Å². The predicted molar refractivity (Wildman–Crippen MR) is 49.3 cm³/mol. The molecular formula is C9H17NO3. The molecule has 0 spiro atoms. The van der Waals surface area contributed by atoms with Gasteiger partial charge in [0, 0.05) is 6.54 Å². The highest BCUT2D eigenvalue weighted by Crippen LogP contribution is 2.09. The van der Waals surface area contributed by atoms with E-state index in [4.69, 9.17) is 4.74 Å². The Labute approximate surface area is 78.9 Å². The minimum Gasteiger partial charge on any atom is -0.443 e. The van der Waals surface area contributed by atoms with Crippen LogP contribution in [0.4, 0.5) is 4.79 Å². The van der Waals surface area contributed by atoms with Crippen molar-refractivity contribution < 1.29 is 14.3 Å². The van der Waals surface area contributed by atoms with Gasteiger partial charge in [-0.3, -0.25) is 9.69 Å². The van der Waals surface area contributed by atoms with E-state index >= 15 is 0 Å². The van der Waals surface area contributed by atoms with Crippen LogP contribution >= 0.6 is 0 Å². The molecule has 0 unspecified atom stereocenters. The van der Waals surface area contributed by atoms with Gasteiger partial charge in [-0.05, 0) is 27.2 Å². The number of carbonyl (C=O) groups is 2. The number of carbonyl (C=O) groups excluding carboxylic acids is 2. The van der Waals surface area contributed by atoms with Gasteiger partial charge >= 0.3 is 6.09 Å². The second kappa shape index (κ2) is 4.84. The van der Waals surface area contributed by atoms with Gasteiger partial charge in [0.05, 0.1) is 0 Å². The zero-order valence-electron chi connectivity index (χ0n) is 8.66. The smallest absolute Gasteiger partial charge is 0.416 e. The average molecular weight is 187 g/mol. The Bertz CT molecular complexity index is 184. The number of hydrogen-bond acceptors (Lipinski definition) is 3. The molecule has 0 saturated carbocycles. The molecule has 4 nitrogen and oxygen atoms in total. The number of hydrogen-bond donors (Lipinski definition) is 0. The standard InChI is InChI=1S/C9H17NO3/c1-5-6-10(7-11)8(12)13-9(2,3)4/h7H,5-6H2,1-4H3. The third-order valence-corrected chi connectivity index (χ3v) is 1.22. The molecule has 0 N–H and O–H groups in total. The van der Waals surface area contributed by atoms with Gasteiger partial charge in [-0.25, -0.2) is 4.79 Å². The topological polar surface area (TPSA) is 46.6 Å². The maximum absolute atomic E-state index is 11.3. The summed E-state index contributed by atoms with van der Waals surface area (Å²) in [4.78, 5) is 22.7. The number of amides is 2. The van der Waals surface area contributed by atoms with Crippen LogP contribution in [0.5, 0.6) is 0 Å². The van der Waals surface area contributed by atoms with Crippen LogP contribution in [0.15, 0.2) is 0 Å². The molecule has 0 aromatic heterocycles. The maximum Gasteiger partial charge on any atom is 0.416 e. The van der Waals surface area contributed by atoms with Crippen LogP contribution in [0.1, 0.15) is 34.1 Å². The molecular weight excluding hydrogens is 170 g/mol. The third-order valence-electron chi connectivity index (χ3n) is 1.22. The second-order valence-electron chi connectivity index (χ2n) is 3.78. The zero-order valence-corrected chi connectivity index (χ0v) is 8.66. The van der Waals surface area contributed by atoms with Crippen LogP contribution in [-0.4, -0.2) is 29.5 Å². The van der Waals surface area contributed by atoms with E-state index < -0.39 is 11.7 Å². The molecule has 0 saturated heterocycles. The van der Waals surface area contributed by atoms with Crippen molar-refractivity contribution in [2.24, 2.45) is 0 Å². The minimum absolute atomic E-state index is 0.401. The van der Waals surface area contributed by atoms with E-state index in [1.54, 1.807) is 20.8 Å². The largest absolute Gasteiger partial charge is 0.443 e. The highest BCUT2D eigenvalue weighted by atomic mass is 16.6. The van der Waals surface area contributed by atoms with Crippen molar-refractivity contribution >= 4 is 12.5 Å². The first-order valence-corrected chi connectivity index (χ1v) is 4.35. The molecule has 0 heterocycles. The lowest BCUT2D eigenvalue weighted by Gasteiger charge is -2.23. The maximum atomic E-state index is 11.3. The van der Waals surface area contributed by atoms with Crippen molar-refractivity contribution in [1.82, 2.24) is 4.90 Å². The summed E-state index contributed by atoms with van der Waals surface area (Å²) in [6.45, 7) is 7.58. The van der Waals surface area contributed by atoms with Crippen molar-refractivity contribution in [2.75, 3.05) is 6.54 Å². The van der Waals surface area contributed by atoms with Crippen LogP contribution in [0.2, 0.25) is 0 Å². The van der Waals surface area contributed by atoms with Crippen molar-refractivity contribution in [3.05, 3.63) is 0 Å². The van der Waals surface area contributed by atoms with Crippen molar-refractivity contribution in [3.63, 3.8) is 0 Å². The molecule has 0 aromatic carbocycles. The molecule has 0 rings (SSSR count). The fourth-order valence-electron chi connectivity index (χ4n) is 0.748. The summed E-state index contributed by atoms with van der Waals surface area (Å²) in [6, 6.07) is 0. The lowest BCUT2D eigenvalue weighted by atomic mass is 10.2. The van der Waals surface area contributed by atoms with Gasteiger partial charge in [0.1, 0.15) is 5.60 Å². The van der Waals surface area contributed by atoms with Gasteiger partial charge in [-0.1, -0.05) is 6.92 Å². The Hall–Kier alpha value is -1.06. The fourth-order valence-corrected chi connectivity index (χ4v) is 0.748. The first-order chi connectivity index (χ1) is 5.90. The Morgan fingerprint density at radius 1 is 1.46 bits per heavy atom. The molecule has 76 valence electrons. The minimum atomic E-state index is -0.579. The molecule has 0 bridgehead atoms. The quantitative estimate of drug-likeness (QED) is 0.633. The zero-order chi connectivity index (χ0) is 10.5. The first kappa shape index (κ1) is 11.9. The second-order valence-corrected chi connectivity index (χ2v) is 3.78. The number of rotatable bonds is 3. The molecule has 0 aliphatic rings. The third kappa shape index (κ3) is 5.22. The van der Waals surface area contributed by atoms with Crippen LogP contribution in [-0.2, 0) is 9.53 Å². The molecule has 0 aromatic rings. The highest BCUT2D eigenvalue weighted by Gasteiger charge is 2.20. The molecule has 0 aliphatic carbocycles. The summed E-state index contributed by atoms with van der Waals surface area (Å²) < 4.78 is 5.00. The molecule has 0 atom stereocenters. The molecule has 2 amide bonds. The normalized spacial score (nSPS) is 10.8. The number of imide groups is 1. The Morgan fingerprint density at radius 3 is 2.31 bits per heavy atom. The van der Waals surface area contributed by atoms with Crippen LogP contribution in [0.3, 0.4) is 0 Å². The van der Waals surface area contributed by atoms with Gasteiger partial charge in [-0.2, -0.15) is 0 Å².